The summed E-state index contributed by atoms with van der Waals surface area (Å²) < 4.78 is 11.6. The average molecular weight is 546 g/mol. The van der Waals surface area contributed by atoms with Crippen LogP contribution < -0.4 is 14.8 Å². The first-order valence-corrected chi connectivity index (χ1v) is 14.3. The second kappa shape index (κ2) is 10.4. The maximum atomic E-state index is 13.1. The van der Waals surface area contributed by atoms with Crippen LogP contribution in [0.2, 0.25) is 0 Å². The number of aliphatic imine (C=N–C) groups is 1. The first-order chi connectivity index (χ1) is 20.1. The topological polar surface area (TPSA) is 80.2 Å². The van der Waals surface area contributed by atoms with Crippen molar-refractivity contribution in [2.45, 2.75) is 38.1 Å². The zero-order valence-electron chi connectivity index (χ0n) is 23.0. The molecule has 0 spiro atoms. The van der Waals surface area contributed by atoms with Crippen molar-refractivity contribution in [2.75, 3.05) is 25.6 Å². The van der Waals surface area contributed by atoms with Crippen molar-refractivity contribution in [3.8, 4) is 11.5 Å². The minimum atomic E-state index is -0.0176. The number of amides is 2. The van der Waals surface area contributed by atoms with E-state index in [1.54, 1.807) is 19.2 Å². The molecule has 2 aliphatic rings. The Bertz CT molecular complexity index is 1810. The molecule has 1 atom stereocenters. The van der Waals surface area contributed by atoms with Gasteiger partial charge in [0.05, 0.1) is 31.0 Å². The van der Waals surface area contributed by atoms with Crippen molar-refractivity contribution < 1.29 is 19.1 Å². The van der Waals surface area contributed by atoms with Gasteiger partial charge in [-0.3, -0.25) is 14.6 Å². The van der Waals surface area contributed by atoms with Gasteiger partial charge in [-0.2, -0.15) is 0 Å². The summed E-state index contributed by atoms with van der Waals surface area (Å²) in [5.74, 6) is 1.03. The Morgan fingerprint density at radius 2 is 1.76 bits per heavy atom. The van der Waals surface area contributed by atoms with Gasteiger partial charge >= 0.3 is 0 Å². The molecule has 7 rings (SSSR count). The Balaban J connectivity index is 0.987. The molecule has 5 aromatic carbocycles. The summed E-state index contributed by atoms with van der Waals surface area (Å²) in [5, 5.41) is 10.2. The number of carbonyl (C=O) groups excluding carboxylic acids is 2. The normalized spacial score (nSPS) is 16.3. The number of nitrogens with zero attached hydrogens (tertiary/aromatic N) is 2. The summed E-state index contributed by atoms with van der Waals surface area (Å²) in [4.78, 5) is 32.4. The monoisotopic (exact) mass is 545 g/mol. The zero-order chi connectivity index (χ0) is 27.9. The smallest absolute Gasteiger partial charge is 0.256 e. The number of hydrogen-bond donors (Lipinski definition) is 1. The molecular formula is C34H31N3O4. The third kappa shape index (κ3) is 4.51. The third-order valence-corrected chi connectivity index (χ3v) is 8.32. The second-order valence-electron chi connectivity index (χ2n) is 10.8. The summed E-state index contributed by atoms with van der Waals surface area (Å²) in [6, 6.07) is 22.5. The first kappa shape index (κ1) is 25.3. The van der Waals surface area contributed by atoms with Gasteiger partial charge in [-0.05, 0) is 64.7 Å². The van der Waals surface area contributed by atoms with E-state index in [1.165, 1.54) is 26.9 Å². The molecular weight excluding hydrogens is 514 g/mol. The Morgan fingerprint density at radius 3 is 2.59 bits per heavy atom. The number of nitrogens with one attached hydrogen (secondary N) is 1. The van der Waals surface area contributed by atoms with Gasteiger partial charge in [-0.15, -0.1) is 0 Å². The molecule has 0 unspecified atom stereocenters. The summed E-state index contributed by atoms with van der Waals surface area (Å²) in [6.07, 6.45) is 5.57. The standard InChI is InChI=1S/C34H31N3O4/c1-40-29-18-26-28(35-20-24-8-5-16-37(24)34(26)39)19-30(29)41-17-3-2-9-31(38)36-27-15-13-23-11-10-21-6-4-7-22-12-14-25(27)33(23)32(21)22/h4,6-7,10-15,18-20,24H,2-3,5,8-9,16-17H2,1H3,(H,36,38)/t24-/m0/s1. The van der Waals surface area contributed by atoms with E-state index in [1.807, 2.05) is 17.2 Å². The number of rotatable bonds is 8. The maximum Gasteiger partial charge on any atom is 0.256 e. The average Bonchev–Trinajstić information content (AvgIpc) is 3.43. The van der Waals surface area contributed by atoms with Crippen LogP contribution in [0.15, 0.2) is 71.7 Å². The quantitative estimate of drug-likeness (QED) is 0.167. The van der Waals surface area contributed by atoms with Crippen molar-refractivity contribution in [3.63, 3.8) is 0 Å². The highest BCUT2D eigenvalue weighted by molar-refractivity contribution is 6.25. The predicted octanol–water partition coefficient (Wildman–Crippen LogP) is 7.10. The SMILES string of the molecule is COc1cc2c(cc1OCCCCC(=O)Nc1ccc3ccc4cccc5ccc1c3c45)N=C[C@@H]1CCCN1C2=O. The van der Waals surface area contributed by atoms with E-state index in [2.05, 4.69) is 58.8 Å². The van der Waals surface area contributed by atoms with Gasteiger partial charge in [0.25, 0.3) is 5.91 Å². The molecule has 2 heterocycles. The van der Waals surface area contributed by atoms with Crippen LogP contribution in [0.1, 0.15) is 42.5 Å². The Labute approximate surface area is 238 Å². The molecule has 0 saturated carbocycles. The number of anilines is 1. The summed E-state index contributed by atoms with van der Waals surface area (Å²) >= 11 is 0. The lowest BCUT2D eigenvalue weighted by molar-refractivity contribution is -0.116. The van der Waals surface area contributed by atoms with Gasteiger partial charge in [0, 0.05) is 36.3 Å². The molecule has 0 radical (unpaired) electrons. The molecule has 7 heteroatoms. The Kier molecular flexibility index (Phi) is 6.42. The molecule has 7 nitrogen and oxygen atoms in total. The highest BCUT2D eigenvalue weighted by Crippen LogP contribution is 2.39. The number of carbonyl (C=O) groups is 2. The van der Waals surface area contributed by atoms with Crippen molar-refractivity contribution in [2.24, 2.45) is 4.99 Å². The third-order valence-electron chi connectivity index (χ3n) is 8.32. The highest BCUT2D eigenvalue weighted by Gasteiger charge is 2.32. The number of ether oxygens (including phenoxy) is 2. The molecule has 2 aliphatic heterocycles. The Morgan fingerprint density at radius 1 is 0.976 bits per heavy atom. The van der Waals surface area contributed by atoms with Crippen molar-refractivity contribution in [1.29, 1.82) is 0 Å². The lowest BCUT2D eigenvalue weighted by atomic mass is 9.93. The lowest BCUT2D eigenvalue weighted by Gasteiger charge is -2.20. The van der Waals surface area contributed by atoms with Gasteiger partial charge in [-0.25, -0.2) is 0 Å². The maximum absolute atomic E-state index is 13.1. The van der Waals surface area contributed by atoms with Gasteiger partial charge in [-0.1, -0.05) is 48.5 Å². The van der Waals surface area contributed by atoms with E-state index in [4.69, 9.17) is 9.47 Å². The highest BCUT2D eigenvalue weighted by atomic mass is 16.5. The van der Waals surface area contributed by atoms with Crippen LogP contribution >= 0.6 is 0 Å². The van der Waals surface area contributed by atoms with Crippen molar-refractivity contribution in [1.82, 2.24) is 4.90 Å². The van der Waals surface area contributed by atoms with Gasteiger partial charge in [0.2, 0.25) is 5.91 Å². The van der Waals surface area contributed by atoms with Crippen molar-refractivity contribution in [3.05, 3.63) is 72.3 Å². The molecule has 2 amide bonds. The van der Waals surface area contributed by atoms with Crippen LogP contribution in [0.3, 0.4) is 0 Å². The summed E-state index contributed by atoms with van der Waals surface area (Å²) in [6.45, 7) is 1.17. The predicted molar refractivity (Wildman–Crippen MR) is 163 cm³/mol. The van der Waals surface area contributed by atoms with E-state index >= 15 is 0 Å². The van der Waals surface area contributed by atoms with E-state index in [-0.39, 0.29) is 17.9 Å². The van der Waals surface area contributed by atoms with Crippen LogP contribution in [0.5, 0.6) is 11.5 Å². The number of hydrogen-bond acceptors (Lipinski definition) is 5. The number of fused-ring (bicyclic) bond motifs is 2. The molecule has 0 bridgehead atoms. The molecule has 1 fully saturated rings. The number of methoxy groups -OCH3 is 1. The molecule has 1 saturated heterocycles. The van der Waals surface area contributed by atoms with Crippen molar-refractivity contribution >= 4 is 61.7 Å². The lowest BCUT2D eigenvalue weighted by Crippen LogP contribution is -2.35. The fourth-order valence-corrected chi connectivity index (χ4v) is 6.25. The van der Waals surface area contributed by atoms with Crippen LogP contribution in [0.4, 0.5) is 11.4 Å². The fourth-order valence-electron chi connectivity index (χ4n) is 6.25. The van der Waals surface area contributed by atoms with Crippen LogP contribution in [-0.2, 0) is 4.79 Å². The zero-order valence-corrected chi connectivity index (χ0v) is 23.0. The molecule has 206 valence electrons. The van der Waals surface area contributed by atoms with E-state index in [9.17, 15) is 9.59 Å². The minimum absolute atomic E-state index is 0.0134. The summed E-state index contributed by atoms with van der Waals surface area (Å²) in [5.41, 5.74) is 1.98. The number of unbranched alkanes of at least 4 members (excludes halogenated alkanes) is 1. The van der Waals surface area contributed by atoms with E-state index in [0.717, 1.165) is 30.5 Å². The van der Waals surface area contributed by atoms with Crippen LogP contribution in [-0.4, -0.2) is 49.2 Å². The molecule has 0 aliphatic carbocycles. The molecule has 5 aromatic rings. The molecule has 41 heavy (non-hydrogen) atoms. The van der Waals surface area contributed by atoms with Gasteiger partial charge in [0.1, 0.15) is 0 Å². The van der Waals surface area contributed by atoms with Gasteiger partial charge < -0.3 is 19.7 Å². The van der Waals surface area contributed by atoms with E-state index in [0.29, 0.717) is 48.6 Å². The fraction of sp³-hybridized carbons (Fsp3) is 0.265. The molecule has 1 N–H and O–H groups in total. The first-order valence-electron chi connectivity index (χ1n) is 14.3. The van der Waals surface area contributed by atoms with Crippen LogP contribution in [0.25, 0.3) is 32.3 Å². The second-order valence-corrected chi connectivity index (χ2v) is 10.8. The molecule has 0 aromatic heterocycles. The van der Waals surface area contributed by atoms with Crippen LogP contribution in [0, 0.1) is 0 Å². The van der Waals surface area contributed by atoms with E-state index < -0.39 is 0 Å². The Hall–Kier alpha value is -4.65. The number of benzene rings is 5. The minimum Gasteiger partial charge on any atom is -0.493 e. The largest absolute Gasteiger partial charge is 0.493 e. The summed E-state index contributed by atoms with van der Waals surface area (Å²) in [7, 11) is 1.57. The van der Waals surface area contributed by atoms with Gasteiger partial charge in [0.15, 0.2) is 11.5 Å².